The maximum atomic E-state index is 12.5. The van der Waals surface area contributed by atoms with Gasteiger partial charge in [-0.2, -0.15) is 0 Å². The average molecular weight is 385 g/mol. The first-order chi connectivity index (χ1) is 11.9. The van der Waals surface area contributed by atoms with Crippen molar-refractivity contribution < 1.29 is 9.59 Å². The molecular weight excluding hydrogens is 359 g/mol. The number of rotatable bonds is 6. The Kier molecular flexibility index (Phi) is 7.57. The molecule has 1 N–H and O–H groups in total. The highest BCUT2D eigenvalue weighted by Crippen LogP contribution is 2.27. The number of halogens is 2. The van der Waals surface area contributed by atoms with E-state index in [9.17, 15) is 9.59 Å². The highest BCUT2D eigenvalue weighted by molar-refractivity contribution is 6.42. The monoisotopic (exact) mass is 384 g/mol. The maximum absolute atomic E-state index is 12.5. The Morgan fingerprint density at radius 1 is 1.32 bits per heavy atom. The molecular formula is C19H26Cl2N2O2. The van der Waals surface area contributed by atoms with Gasteiger partial charge in [-0.05, 0) is 36.8 Å². The molecule has 0 aromatic heterocycles. The first-order valence-corrected chi connectivity index (χ1v) is 9.62. The van der Waals surface area contributed by atoms with Crippen molar-refractivity contribution in [2.45, 2.75) is 39.5 Å². The topological polar surface area (TPSA) is 49.4 Å². The first kappa shape index (κ1) is 20.1. The van der Waals surface area contributed by atoms with Crippen LogP contribution in [0.2, 0.25) is 10.0 Å². The van der Waals surface area contributed by atoms with Crippen LogP contribution in [0.3, 0.4) is 0 Å². The van der Waals surface area contributed by atoms with Crippen LogP contribution >= 0.6 is 23.2 Å². The minimum atomic E-state index is -0.105. The Morgan fingerprint density at radius 3 is 2.80 bits per heavy atom. The van der Waals surface area contributed by atoms with Crippen LogP contribution in [0.5, 0.6) is 0 Å². The van der Waals surface area contributed by atoms with Gasteiger partial charge in [-0.1, -0.05) is 49.2 Å². The second kappa shape index (κ2) is 9.44. The van der Waals surface area contributed by atoms with Crippen LogP contribution in [0.4, 0.5) is 0 Å². The Hall–Kier alpha value is -1.26. The Balaban J connectivity index is 1.86. The van der Waals surface area contributed by atoms with E-state index in [1.807, 2.05) is 17.0 Å². The summed E-state index contributed by atoms with van der Waals surface area (Å²) in [5, 5.41) is 4.00. The first-order valence-electron chi connectivity index (χ1n) is 8.87. The highest BCUT2D eigenvalue weighted by Gasteiger charge is 2.28. The standard InChI is InChI=1S/C19H26Cl2N2O2/c1-13(2)11-22-19(25)15-6-4-10-23(12-15)17(24)9-8-14-5-3-7-16(20)18(14)21/h3,5,7,13,15H,4,6,8-12H2,1-2H3,(H,22,25). The van der Waals surface area contributed by atoms with Crippen LogP contribution in [0.1, 0.15) is 38.7 Å². The number of amides is 2. The number of carbonyl (C=O) groups is 2. The number of nitrogens with one attached hydrogen (secondary N) is 1. The van der Waals surface area contributed by atoms with Gasteiger partial charge in [0.05, 0.1) is 16.0 Å². The van der Waals surface area contributed by atoms with Crippen molar-refractivity contribution in [2.75, 3.05) is 19.6 Å². The van der Waals surface area contributed by atoms with Gasteiger partial charge in [0.25, 0.3) is 0 Å². The third-order valence-electron chi connectivity index (χ3n) is 4.47. The maximum Gasteiger partial charge on any atom is 0.224 e. The van der Waals surface area contributed by atoms with Crippen LogP contribution in [-0.2, 0) is 16.0 Å². The fraction of sp³-hybridized carbons (Fsp3) is 0.579. The minimum Gasteiger partial charge on any atom is -0.356 e. The molecule has 1 aliphatic rings. The van der Waals surface area contributed by atoms with Crippen molar-refractivity contribution >= 4 is 35.0 Å². The molecule has 0 aliphatic carbocycles. The van der Waals surface area contributed by atoms with E-state index < -0.39 is 0 Å². The molecule has 6 heteroatoms. The van der Waals surface area contributed by atoms with Crippen LogP contribution < -0.4 is 5.32 Å². The third kappa shape index (κ3) is 5.89. The van der Waals surface area contributed by atoms with E-state index in [0.717, 1.165) is 24.9 Å². The molecule has 1 aromatic carbocycles. The van der Waals surface area contributed by atoms with E-state index >= 15 is 0 Å². The molecule has 1 heterocycles. The lowest BCUT2D eigenvalue weighted by atomic mass is 9.96. The number of piperidine rings is 1. The fourth-order valence-electron chi connectivity index (χ4n) is 3.01. The van der Waals surface area contributed by atoms with Crippen LogP contribution in [0.25, 0.3) is 0 Å². The molecule has 1 unspecified atom stereocenters. The lowest BCUT2D eigenvalue weighted by Crippen LogP contribution is -2.46. The molecule has 25 heavy (non-hydrogen) atoms. The molecule has 0 spiro atoms. The predicted octanol–water partition coefficient (Wildman–Crippen LogP) is 3.94. The van der Waals surface area contributed by atoms with Gasteiger partial charge < -0.3 is 10.2 Å². The van der Waals surface area contributed by atoms with Gasteiger partial charge in [-0.25, -0.2) is 0 Å². The van der Waals surface area contributed by atoms with Crippen molar-refractivity contribution in [3.8, 4) is 0 Å². The summed E-state index contributed by atoms with van der Waals surface area (Å²) in [6.07, 6.45) is 2.64. The zero-order chi connectivity index (χ0) is 18.4. The quantitative estimate of drug-likeness (QED) is 0.807. The number of nitrogens with zero attached hydrogens (tertiary/aromatic N) is 1. The summed E-state index contributed by atoms with van der Waals surface area (Å²) in [6.45, 7) is 6.04. The van der Waals surface area contributed by atoms with Gasteiger partial charge in [0.2, 0.25) is 11.8 Å². The molecule has 0 bridgehead atoms. The Bertz CT molecular complexity index is 619. The molecule has 4 nitrogen and oxygen atoms in total. The second-order valence-electron chi connectivity index (χ2n) is 7.03. The largest absolute Gasteiger partial charge is 0.356 e. The Morgan fingerprint density at radius 2 is 2.08 bits per heavy atom. The van der Waals surface area contributed by atoms with Crippen molar-refractivity contribution in [3.05, 3.63) is 33.8 Å². The lowest BCUT2D eigenvalue weighted by molar-refractivity contribution is -0.135. The fourth-order valence-corrected chi connectivity index (χ4v) is 3.42. The van der Waals surface area contributed by atoms with Crippen molar-refractivity contribution in [2.24, 2.45) is 11.8 Å². The summed E-state index contributed by atoms with van der Waals surface area (Å²) in [4.78, 5) is 26.6. The smallest absolute Gasteiger partial charge is 0.224 e. The van der Waals surface area contributed by atoms with Crippen molar-refractivity contribution in [1.29, 1.82) is 0 Å². The SMILES string of the molecule is CC(C)CNC(=O)C1CCCN(C(=O)CCc2cccc(Cl)c2Cl)C1. The molecule has 138 valence electrons. The number of carbonyl (C=O) groups excluding carboxylic acids is 2. The van der Waals surface area contributed by atoms with Gasteiger partial charge in [-0.15, -0.1) is 0 Å². The van der Waals surface area contributed by atoms with Crippen LogP contribution in [0, 0.1) is 11.8 Å². The van der Waals surface area contributed by atoms with Gasteiger partial charge in [0.15, 0.2) is 0 Å². The molecule has 2 rings (SSSR count). The van der Waals surface area contributed by atoms with Gasteiger partial charge in [0.1, 0.15) is 0 Å². The predicted molar refractivity (Wildman–Crippen MR) is 102 cm³/mol. The van der Waals surface area contributed by atoms with E-state index in [4.69, 9.17) is 23.2 Å². The Labute approximate surface area is 159 Å². The van der Waals surface area contributed by atoms with Crippen LogP contribution in [0.15, 0.2) is 18.2 Å². The van der Waals surface area contributed by atoms with Gasteiger partial charge in [-0.3, -0.25) is 9.59 Å². The molecule has 1 atom stereocenters. The second-order valence-corrected chi connectivity index (χ2v) is 7.82. The summed E-state index contributed by atoms with van der Waals surface area (Å²) < 4.78 is 0. The molecule has 0 radical (unpaired) electrons. The van der Waals surface area contributed by atoms with E-state index in [-0.39, 0.29) is 17.7 Å². The third-order valence-corrected chi connectivity index (χ3v) is 5.33. The number of aryl methyl sites for hydroxylation is 1. The van der Waals surface area contributed by atoms with Gasteiger partial charge >= 0.3 is 0 Å². The van der Waals surface area contributed by atoms with E-state index in [1.54, 1.807) is 6.07 Å². The van der Waals surface area contributed by atoms with Crippen molar-refractivity contribution in [3.63, 3.8) is 0 Å². The summed E-state index contributed by atoms with van der Waals surface area (Å²) >= 11 is 12.2. The highest BCUT2D eigenvalue weighted by atomic mass is 35.5. The number of hydrogen-bond acceptors (Lipinski definition) is 2. The summed E-state index contributed by atoms with van der Waals surface area (Å²) in [6, 6.07) is 5.46. The summed E-state index contributed by atoms with van der Waals surface area (Å²) in [5.74, 6) is 0.445. The zero-order valence-electron chi connectivity index (χ0n) is 14.9. The number of hydrogen-bond donors (Lipinski definition) is 1. The summed E-state index contributed by atoms with van der Waals surface area (Å²) in [7, 11) is 0. The van der Waals surface area contributed by atoms with Crippen molar-refractivity contribution in [1.82, 2.24) is 10.2 Å². The molecule has 1 fully saturated rings. The van der Waals surface area contributed by atoms with Crippen LogP contribution in [-0.4, -0.2) is 36.3 Å². The molecule has 1 aromatic rings. The molecule has 1 aliphatic heterocycles. The molecule has 1 saturated heterocycles. The number of benzene rings is 1. The van der Waals surface area contributed by atoms with E-state index in [1.165, 1.54) is 0 Å². The van der Waals surface area contributed by atoms with E-state index in [2.05, 4.69) is 19.2 Å². The minimum absolute atomic E-state index is 0.0593. The van der Waals surface area contributed by atoms with E-state index in [0.29, 0.717) is 41.9 Å². The van der Waals surface area contributed by atoms with Gasteiger partial charge in [0, 0.05) is 26.1 Å². The lowest BCUT2D eigenvalue weighted by Gasteiger charge is -2.32. The normalized spacial score (nSPS) is 17.6. The molecule has 0 saturated carbocycles. The average Bonchev–Trinajstić information content (AvgIpc) is 2.60. The number of likely N-dealkylation sites (tertiary alicyclic amines) is 1. The zero-order valence-corrected chi connectivity index (χ0v) is 16.4. The molecule has 2 amide bonds. The summed E-state index contributed by atoms with van der Waals surface area (Å²) in [5.41, 5.74) is 0.880.